The summed E-state index contributed by atoms with van der Waals surface area (Å²) in [6.45, 7) is 7.21. The Hall–Kier alpha value is -1.26. The maximum atomic E-state index is 9.77. The van der Waals surface area contributed by atoms with E-state index >= 15 is 0 Å². The predicted molar refractivity (Wildman–Crippen MR) is 73.3 cm³/mol. The summed E-state index contributed by atoms with van der Waals surface area (Å²) >= 11 is 0. The molecule has 4 heteroatoms. The normalized spacial score (nSPS) is 20.9. The van der Waals surface area contributed by atoms with Crippen molar-refractivity contribution in [3.63, 3.8) is 0 Å². The molecule has 0 radical (unpaired) electrons. The first-order chi connectivity index (χ1) is 8.65. The Balaban J connectivity index is 2.03. The van der Waals surface area contributed by atoms with Crippen molar-refractivity contribution in [2.45, 2.75) is 26.1 Å². The molecule has 100 valence electrons. The highest BCUT2D eigenvalue weighted by molar-refractivity contribution is 5.49. The van der Waals surface area contributed by atoms with Crippen LogP contribution in [0.2, 0.25) is 0 Å². The standard InChI is InChI=1S/C14H22N2O2/c1-11(2)18-14-5-3-12(4-6-14)16-8-7-15-9-13(17)10-16/h3-6,11,13,15,17H,7-10H2,1-2H3. The highest BCUT2D eigenvalue weighted by atomic mass is 16.5. The van der Waals surface area contributed by atoms with Gasteiger partial charge in [0.25, 0.3) is 0 Å². The van der Waals surface area contributed by atoms with E-state index in [4.69, 9.17) is 4.74 Å². The van der Waals surface area contributed by atoms with Crippen molar-refractivity contribution in [3.8, 4) is 5.75 Å². The SMILES string of the molecule is CC(C)Oc1ccc(N2CCNCC(O)C2)cc1. The maximum absolute atomic E-state index is 9.77. The van der Waals surface area contributed by atoms with Crippen molar-refractivity contribution in [3.05, 3.63) is 24.3 Å². The second-order valence-corrected chi connectivity index (χ2v) is 4.96. The van der Waals surface area contributed by atoms with Crippen molar-refractivity contribution in [2.75, 3.05) is 31.1 Å². The van der Waals surface area contributed by atoms with Gasteiger partial charge in [-0.1, -0.05) is 0 Å². The summed E-state index contributed by atoms with van der Waals surface area (Å²) in [6, 6.07) is 8.07. The fraction of sp³-hybridized carbons (Fsp3) is 0.571. The molecule has 0 aliphatic carbocycles. The Bertz CT molecular complexity index is 365. The van der Waals surface area contributed by atoms with Gasteiger partial charge in [0.05, 0.1) is 12.2 Å². The largest absolute Gasteiger partial charge is 0.491 e. The van der Waals surface area contributed by atoms with Crippen molar-refractivity contribution in [1.82, 2.24) is 5.32 Å². The minimum Gasteiger partial charge on any atom is -0.491 e. The molecule has 1 aromatic carbocycles. The van der Waals surface area contributed by atoms with Gasteiger partial charge in [-0.3, -0.25) is 0 Å². The third-order valence-corrected chi connectivity index (χ3v) is 2.94. The van der Waals surface area contributed by atoms with Gasteiger partial charge in [0.1, 0.15) is 5.75 Å². The highest BCUT2D eigenvalue weighted by Gasteiger charge is 2.15. The number of nitrogens with zero attached hydrogens (tertiary/aromatic N) is 1. The van der Waals surface area contributed by atoms with Crippen molar-refractivity contribution < 1.29 is 9.84 Å². The van der Waals surface area contributed by atoms with E-state index in [1.807, 2.05) is 26.0 Å². The first-order valence-electron chi connectivity index (χ1n) is 6.55. The number of rotatable bonds is 3. The van der Waals surface area contributed by atoms with E-state index in [0.29, 0.717) is 13.1 Å². The molecular formula is C14H22N2O2. The second-order valence-electron chi connectivity index (χ2n) is 4.96. The molecule has 0 saturated carbocycles. The number of hydrogen-bond donors (Lipinski definition) is 2. The van der Waals surface area contributed by atoms with E-state index in [-0.39, 0.29) is 12.2 Å². The van der Waals surface area contributed by atoms with Crippen LogP contribution in [0.1, 0.15) is 13.8 Å². The summed E-state index contributed by atoms with van der Waals surface area (Å²) in [4.78, 5) is 2.20. The van der Waals surface area contributed by atoms with E-state index in [1.165, 1.54) is 0 Å². The van der Waals surface area contributed by atoms with Crippen LogP contribution >= 0.6 is 0 Å². The van der Waals surface area contributed by atoms with Gasteiger partial charge in [0.2, 0.25) is 0 Å². The van der Waals surface area contributed by atoms with Crippen LogP contribution in [-0.4, -0.2) is 43.5 Å². The first kappa shape index (κ1) is 13.2. The second kappa shape index (κ2) is 6.07. The Labute approximate surface area is 109 Å². The number of anilines is 1. The van der Waals surface area contributed by atoms with E-state index in [0.717, 1.165) is 24.5 Å². The van der Waals surface area contributed by atoms with E-state index < -0.39 is 0 Å². The third kappa shape index (κ3) is 3.62. The van der Waals surface area contributed by atoms with Gasteiger partial charge < -0.3 is 20.1 Å². The van der Waals surface area contributed by atoms with Crippen LogP contribution in [0, 0.1) is 0 Å². The molecular weight excluding hydrogens is 228 g/mol. The lowest BCUT2D eigenvalue weighted by molar-refractivity contribution is 0.185. The van der Waals surface area contributed by atoms with E-state index in [9.17, 15) is 5.11 Å². The molecule has 1 saturated heterocycles. The van der Waals surface area contributed by atoms with Crippen LogP contribution in [-0.2, 0) is 0 Å². The van der Waals surface area contributed by atoms with E-state index in [2.05, 4.69) is 22.3 Å². The van der Waals surface area contributed by atoms with Gasteiger partial charge >= 0.3 is 0 Å². The van der Waals surface area contributed by atoms with Gasteiger partial charge in [0.15, 0.2) is 0 Å². The third-order valence-electron chi connectivity index (χ3n) is 2.94. The van der Waals surface area contributed by atoms with Gasteiger partial charge in [-0.15, -0.1) is 0 Å². The lowest BCUT2D eigenvalue weighted by atomic mass is 10.2. The number of benzene rings is 1. The number of β-amino-alcohol motifs (C(OH)–C–C–N with tert-alkyl or cyclic N) is 1. The molecule has 1 aliphatic rings. The maximum Gasteiger partial charge on any atom is 0.119 e. The smallest absolute Gasteiger partial charge is 0.119 e. The summed E-state index contributed by atoms with van der Waals surface area (Å²) in [5, 5.41) is 13.0. The lowest BCUT2D eigenvalue weighted by Gasteiger charge is -2.24. The molecule has 0 amide bonds. The highest BCUT2D eigenvalue weighted by Crippen LogP contribution is 2.20. The molecule has 4 nitrogen and oxygen atoms in total. The van der Waals surface area contributed by atoms with Crippen LogP contribution in [0.4, 0.5) is 5.69 Å². The summed E-state index contributed by atoms with van der Waals surface area (Å²) in [5.74, 6) is 0.891. The number of aliphatic hydroxyl groups is 1. The zero-order valence-electron chi connectivity index (χ0n) is 11.1. The Morgan fingerprint density at radius 1 is 1.33 bits per heavy atom. The zero-order chi connectivity index (χ0) is 13.0. The predicted octanol–water partition coefficient (Wildman–Crippen LogP) is 1.24. The van der Waals surface area contributed by atoms with Gasteiger partial charge in [-0.25, -0.2) is 0 Å². The van der Waals surface area contributed by atoms with Crippen LogP contribution < -0.4 is 15.0 Å². The number of hydrogen-bond acceptors (Lipinski definition) is 4. The van der Waals surface area contributed by atoms with Gasteiger partial charge in [-0.05, 0) is 38.1 Å². The summed E-state index contributed by atoms with van der Waals surface area (Å²) in [5.41, 5.74) is 1.13. The number of nitrogens with one attached hydrogen (secondary N) is 1. The average molecular weight is 250 g/mol. The van der Waals surface area contributed by atoms with Crippen molar-refractivity contribution in [1.29, 1.82) is 0 Å². The molecule has 0 aromatic heterocycles. The minimum absolute atomic E-state index is 0.194. The van der Waals surface area contributed by atoms with Crippen LogP contribution in [0.25, 0.3) is 0 Å². The Morgan fingerprint density at radius 2 is 2.06 bits per heavy atom. The molecule has 0 bridgehead atoms. The zero-order valence-corrected chi connectivity index (χ0v) is 11.1. The number of aliphatic hydroxyl groups excluding tert-OH is 1. The molecule has 1 aromatic rings. The molecule has 2 N–H and O–H groups in total. The minimum atomic E-state index is -0.306. The molecule has 18 heavy (non-hydrogen) atoms. The average Bonchev–Trinajstić information content (AvgIpc) is 2.54. The summed E-state index contributed by atoms with van der Waals surface area (Å²) < 4.78 is 5.62. The van der Waals surface area contributed by atoms with Gasteiger partial charge in [0, 0.05) is 31.9 Å². The fourth-order valence-electron chi connectivity index (χ4n) is 2.14. The Kier molecular flexibility index (Phi) is 4.44. The lowest BCUT2D eigenvalue weighted by Crippen LogP contribution is -2.32. The van der Waals surface area contributed by atoms with Crippen LogP contribution in [0.3, 0.4) is 0 Å². The molecule has 1 aliphatic heterocycles. The van der Waals surface area contributed by atoms with E-state index in [1.54, 1.807) is 0 Å². The van der Waals surface area contributed by atoms with Crippen molar-refractivity contribution in [2.24, 2.45) is 0 Å². The van der Waals surface area contributed by atoms with Crippen LogP contribution in [0.5, 0.6) is 5.75 Å². The van der Waals surface area contributed by atoms with Crippen LogP contribution in [0.15, 0.2) is 24.3 Å². The number of ether oxygens (including phenoxy) is 1. The molecule has 1 heterocycles. The quantitative estimate of drug-likeness (QED) is 0.847. The summed E-state index contributed by atoms with van der Waals surface area (Å²) in [6.07, 6.45) is -0.112. The monoisotopic (exact) mass is 250 g/mol. The fourth-order valence-corrected chi connectivity index (χ4v) is 2.14. The molecule has 1 fully saturated rings. The molecule has 2 rings (SSSR count). The molecule has 1 atom stereocenters. The Morgan fingerprint density at radius 3 is 2.72 bits per heavy atom. The van der Waals surface area contributed by atoms with Crippen molar-refractivity contribution >= 4 is 5.69 Å². The molecule has 1 unspecified atom stereocenters. The summed E-state index contributed by atoms with van der Waals surface area (Å²) in [7, 11) is 0. The molecule has 0 spiro atoms. The topological polar surface area (TPSA) is 44.7 Å². The van der Waals surface area contributed by atoms with Gasteiger partial charge in [-0.2, -0.15) is 0 Å². The first-order valence-corrected chi connectivity index (χ1v) is 6.55.